The lowest BCUT2D eigenvalue weighted by atomic mass is 10.1. The summed E-state index contributed by atoms with van der Waals surface area (Å²) in [5.41, 5.74) is 3.43. The van der Waals surface area contributed by atoms with Crippen LogP contribution in [0.3, 0.4) is 0 Å². The summed E-state index contributed by atoms with van der Waals surface area (Å²) in [7, 11) is -3.74. The molecule has 3 aromatic carbocycles. The molecular weight excluding hydrogens is 412 g/mol. The minimum Gasteiger partial charge on any atom is -0.491 e. The molecule has 0 aromatic heterocycles. The number of carbonyl (C=O) groups excluding carboxylic acids is 1. The van der Waals surface area contributed by atoms with Crippen LogP contribution in [0, 0.1) is 13.8 Å². The first kappa shape index (κ1) is 22.4. The van der Waals surface area contributed by atoms with Crippen molar-refractivity contribution in [3.8, 4) is 5.75 Å². The Labute approximate surface area is 183 Å². The predicted octanol–water partition coefficient (Wildman–Crippen LogP) is 5.14. The largest absolute Gasteiger partial charge is 0.491 e. The van der Waals surface area contributed by atoms with Crippen molar-refractivity contribution in [3.05, 3.63) is 83.4 Å². The Bertz CT molecular complexity index is 1150. The van der Waals surface area contributed by atoms with E-state index >= 15 is 0 Å². The van der Waals surface area contributed by atoms with Crippen LogP contribution in [0.4, 0.5) is 11.4 Å². The number of nitrogens with one attached hydrogen (secondary N) is 2. The quantitative estimate of drug-likeness (QED) is 0.535. The highest BCUT2D eigenvalue weighted by Crippen LogP contribution is 2.21. The van der Waals surface area contributed by atoms with Crippen LogP contribution in [0.25, 0.3) is 0 Å². The van der Waals surface area contributed by atoms with E-state index in [1.807, 2.05) is 33.8 Å². The Morgan fingerprint density at radius 1 is 0.839 bits per heavy atom. The molecular formula is C24H26N2O4S. The van der Waals surface area contributed by atoms with E-state index in [4.69, 9.17) is 4.74 Å². The Hall–Kier alpha value is -3.32. The van der Waals surface area contributed by atoms with Crippen LogP contribution in [0.1, 0.15) is 35.3 Å². The van der Waals surface area contributed by atoms with Crippen molar-refractivity contribution in [2.45, 2.75) is 38.7 Å². The third-order valence-electron chi connectivity index (χ3n) is 4.38. The van der Waals surface area contributed by atoms with E-state index < -0.39 is 10.0 Å². The molecule has 0 aliphatic rings. The fraction of sp³-hybridized carbons (Fsp3) is 0.208. The number of anilines is 2. The van der Waals surface area contributed by atoms with Crippen molar-refractivity contribution in [2.75, 3.05) is 10.0 Å². The van der Waals surface area contributed by atoms with Gasteiger partial charge in [0.05, 0.1) is 11.0 Å². The molecule has 7 heteroatoms. The summed E-state index contributed by atoms with van der Waals surface area (Å²) in [6.45, 7) is 7.68. The molecule has 0 spiro atoms. The van der Waals surface area contributed by atoms with E-state index in [-0.39, 0.29) is 16.9 Å². The van der Waals surface area contributed by atoms with E-state index in [1.165, 1.54) is 12.1 Å². The molecule has 162 valence electrons. The van der Waals surface area contributed by atoms with Gasteiger partial charge in [-0.3, -0.25) is 9.52 Å². The molecule has 0 aliphatic carbocycles. The van der Waals surface area contributed by atoms with Crippen LogP contribution < -0.4 is 14.8 Å². The zero-order valence-corrected chi connectivity index (χ0v) is 18.8. The fourth-order valence-electron chi connectivity index (χ4n) is 3.13. The maximum atomic E-state index is 12.7. The third-order valence-corrected chi connectivity index (χ3v) is 5.78. The van der Waals surface area contributed by atoms with E-state index in [0.29, 0.717) is 22.7 Å². The molecule has 0 aliphatic heterocycles. The van der Waals surface area contributed by atoms with Crippen molar-refractivity contribution in [2.24, 2.45) is 0 Å². The van der Waals surface area contributed by atoms with Gasteiger partial charge in [0.1, 0.15) is 5.75 Å². The lowest BCUT2D eigenvalue weighted by Gasteiger charge is -2.11. The molecule has 0 fully saturated rings. The van der Waals surface area contributed by atoms with E-state index in [0.717, 1.165) is 11.1 Å². The molecule has 6 nitrogen and oxygen atoms in total. The molecule has 0 heterocycles. The highest BCUT2D eigenvalue weighted by molar-refractivity contribution is 7.92. The van der Waals surface area contributed by atoms with Crippen molar-refractivity contribution in [1.29, 1.82) is 0 Å². The first-order valence-electron chi connectivity index (χ1n) is 9.92. The lowest BCUT2D eigenvalue weighted by molar-refractivity contribution is 0.102. The molecule has 31 heavy (non-hydrogen) atoms. The average Bonchev–Trinajstić information content (AvgIpc) is 2.67. The van der Waals surface area contributed by atoms with Crippen LogP contribution in [0.15, 0.2) is 71.6 Å². The molecule has 0 saturated heterocycles. The second kappa shape index (κ2) is 9.22. The minimum atomic E-state index is -3.74. The van der Waals surface area contributed by atoms with Gasteiger partial charge in [0, 0.05) is 16.9 Å². The second-order valence-electron chi connectivity index (χ2n) is 7.65. The van der Waals surface area contributed by atoms with Gasteiger partial charge in [-0.1, -0.05) is 6.07 Å². The molecule has 0 saturated carbocycles. The highest BCUT2D eigenvalue weighted by Gasteiger charge is 2.15. The number of amides is 1. The van der Waals surface area contributed by atoms with Gasteiger partial charge in [0.15, 0.2) is 0 Å². The van der Waals surface area contributed by atoms with E-state index in [2.05, 4.69) is 10.0 Å². The van der Waals surface area contributed by atoms with Crippen molar-refractivity contribution in [1.82, 2.24) is 0 Å². The topological polar surface area (TPSA) is 84.5 Å². The lowest BCUT2D eigenvalue weighted by Crippen LogP contribution is -2.14. The van der Waals surface area contributed by atoms with Gasteiger partial charge in [0.2, 0.25) is 0 Å². The van der Waals surface area contributed by atoms with E-state index in [1.54, 1.807) is 48.5 Å². The number of sulfonamides is 1. The summed E-state index contributed by atoms with van der Waals surface area (Å²) in [6, 6.07) is 18.4. The van der Waals surface area contributed by atoms with Crippen molar-refractivity contribution >= 4 is 27.3 Å². The summed E-state index contributed by atoms with van der Waals surface area (Å²) < 4.78 is 33.5. The Morgan fingerprint density at radius 3 is 1.97 bits per heavy atom. The molecule has 3 rings (SSSR count). The van der Waals surface area contributed by atoms with Gasteiger partial charge in [0.25, 0.3) is 15.9 Å². The first-order valence-corrected chi connectivity index (χ1v) is 11.4. The predicted molar refractivity (Wildman–Crippen MR) is 123 cm³/mol. The number of hydrogen-bond donors (Lipinski definition) is 2. The summed E-state index contributed by atoms with van der Waals surface area (Å²) >= 11 is 0. The Kier molecular flexibility index (Phi) is 6.65. The SMILES string of the molecule is Cc1cc(C)cc(NS(=O)(=O)c2ccc(NC(=O)c3ccc(OC(C)C)cc3)cc2)c1. The molecule has 3 aromatic rings. The minimum absolute atomic E-state index is 0.0545. The number of benzene rings is 3. The van der Waals surface area contributed by atoms with Gasteiger partial charge in [-0.15, -0.1) is 0 Å². The summed E-state index contributed by atoms with van der Waals surface area (Å²) in [4.78, 5) is 12.6. The van der Waals surface area contributed by atoms with Gasteiger partial charge in [-0.25, -0.2) is 8.42 Å². The van der Waals surface area contributed by atoms with E-state index in [9.17, 15) is 13.2 Å². The van der Waals surface area contributed by atoms with Gasteiger partial charge < -0.3 is 10.1 Å². The number of ether oxygens (including phenoxy) is 1. The zero-order chi connectivity index (χ0) is 22.6. The molecule has 0 unspecified atom stereocenters. The highest BCUT2D eigenvalue weighted by atomic mass is 32.2. The molecule has 1 amide bonds. The number of carbonyl (C=O) groups is 1. The van der Waals surface area contributed by atoms with Gasteiger partial charge >= 0.3 is 0 Å². The number of rotatable bonds is 7. The molecule has 0 radical (unpaired) electrons. The molecule has 0 bridgehead atoms. The smallest absolute Gasteiger partial charge is 0.261 e. The van der Waals surface area contributed by atoms with Crippen LogP contribution in [0.2, 0.25) is 0 Å². The Morgan fingerprint density at radius 2 is 1.42 bits per heavy atom. The van der Waals surface area contributed by atoms with Crippen LogP contribution >= 0.6 is 0 Å². The Balaban J connectivity index is 1.68. The van der Waals surface area contributed by atoms with Gasteiger partial charge in [-0.2, -0.15) is 0 Å². The summed E-state index contributed by atoms with van der Waals surface area (Å²) in [6.07, 6.45) is 0.0545. The number of aryl methyl sites for hydroxylation is 2. The van der Waals surface area contributed by atoms with Gasteiger partial charge in [-0.05, 0) is 99.5 Å². The first-order chi connectivity index (χ1) is 14.6. The monoisotopic (exact) mass is 438 g/mol. The van der Waals surface area contributed by atoms with Crippen molar-refractivity contribution < 1.29 is 17.9 Å². The normalized spacial score (nSPS) is 11.3. The second-order valence-corrected chi connectivity index (χ2v) is 9.33. The number of hydrogen-bond acceptors (Lipinski definition) is 4. The maximum absolute atomic E-state index is 12.7. The summed E-state index contributed by atoms with van der Waals surface area (Å²) in [5, 5.41) is 2.77. The standard InChI is InChI=1S/C24H26N2O4S/c1-16(2)30-22-9-5-19(6-10-22)24(27)25-20-7-11-23(12-8-20)31(28,29)26-21-14-17(3)13-18(4)15-21/h5-16,26H,1-4H3,(H,25,27). The zero-order valence-electron chi connectivity index (χ0n) is 18.0. The summed E-state index contributed by atoms with van der Waals surface area (Å²) in [5.74, 6) is 0.400. The van der Waals surface area contributed by atoms with Crippen LogP contribution in [-0.2, 0) is 10.0 Å². The third kappa shape index (κ3) is 6.08. The fourth-order valence-corrected chi connectivity index (χ4v) is 4.17. The molecule has 0 atom stereocenters. The maximum Gasteiger partial charge on any atom is 0.261 e. The van der Waals surface area contributed by atoms with Crippen LogP contribution in [-0.4, -0.2) is 20.4 Å². The van der Waals surface area contributed by atoms with Crippen LogP contribution in [0.5, 0.6) is 5.75 Å². The van der Waals surface area contributed by atoms with Crippen molar-refractivity contribution in [3.63, 3.8) is 0 Å². The average molecular weight is 439 g/mol. The molecule has 2 N–H and O–H groups in total.